The summed E-state index contributed by atoms with van der Waals surface area (Å²) in [5.41, 5.74) is 0.129. The largest absolute Gasteiger partial charge is 0.332 e. The molecule has 1 aliphatic rings. The summed E-state index contributed by atoms with van der Waals surface area (Å²) in [4.78, 5) is 28.8. The van der Waals surface area contributed by atoms with Crippen molar-refractivity contribution in [3.63, 3.8) is 0 Å². The molecule has 0 spiro atoms. The number of likely N-dealkylation sites (N-methyl/N-ethyl adjacent to an activating group) is 1. The molecule has 4 nitrogen and oxygen atoms in total. The Bertz CT molecular complexity index is 810. The molecular formula is C18H16Cl2N2O2. The van der Waals surface area contributed by atoms with Crippen molar-refractivity contribution >= 4 is 40.8 Å². The van der Waals surface area contributed by atoms with E-state index in [1.165, 1.54) is 11.0 Å². The molecule has 2 aromatic rings. The van der Waals surface area contributed by atoms with Crippen LogP contribution in [0.2, 0.25) is 10.0 Å². The Kier molecular flexibility index (Phi) is 4.28. The van der Waals surface area contributed by atoms with Gasteiger partial charge >= 0.3 is 6.03 Å². The van der Waals surface area contributed by atoms with Crippen LogP contribution in [0.25, 0.3) is 0 Å². The van der Waals surface area contributed by atoms with E-state index in [9.17, 15) is 9.59 Å². The van der Waals surface area contributed by atoms with Crippen LogP contribution in [-0.2, 0) is 10.3 Å². The second-order valence-corrected chi connectivity index (χ2v) is 6.52. The molecule has 1 atom stereocenters. The second-order valence-electron chi connectivity index (χ2n) is 5.70. The van der Waals surface area contributed by atoms with Gasteiger partial charge in [-0.1, -0.05) is 53.5 Å². The number of hydrogen-bond acceptors (Lipinski definition) is 2. The Balaban J connectivity index is 2.12. The van der Waals surface area contributed by atoms with E-state index in [0.29, 0.717) is 22.3 Å². The van der Waals surface area contributed by atoms with Crippen molar-refractivity contribution in [3.8, 4) is 0 Å². The Morgan fingerprint density at radius 3 is 2.25 bits per heavy atom. The van der Waals surface area contributed by atoms with Crippen LogP contribution in [0, 0.1) is 0 Å². The zero-order valence-corrected chi connectivity index (χ0v) is 14.8. The maximum atomic E-state index is 13.2. The first-order valence-electron chi connectivity index (χ1n) is 7.58. The third-order valence-corrected chi connectivity index (χ3v) is 5.13. The predicted molar refractivity (Wildman–Crippen MR) is 95.5 cm³/mol. The third-order valence-electron chi connectivity index (χ3n) is 4.40. The molecule has 1 aliphatic heterocycles. The first-order chi connectivity index (χ1) is 11.4. The average Bonchev–Trinajstić information content (AvgIpc) is 2.78. The lowest BCUT2D eigenvalue weighted by Crippen LogP contribution is -2.44. The van der Waals surface area contributed by atoms with Gasteiger partial charge in [-0.25, -0.2) is 9.69 Å². The molecule has 2 aromatic carbocycles. The topological polar surface area (TPSA) is 40.6 Å². The molecule has 1 unspecified atom stereocenters. The maximum absolute atomic E-state index is 13.2. The highest BCUT2D eigenvalue weighted by Crippen LogP contribution is 2.40. The summed E-state index contributed by atoms with van der Waals surface area (Å²) < 4.78 is 0. The molecule has 3 rings (SSSR count). The Hall–Kier alpha value is -2.04. The minimum absolute atomic E-state index is 0.297. The smallest absolute Gasteiger partial charge is 0.306 e. The predicted octanol–water partition coefficient (Wildman–Crippen LogP) is 4.70. The average molecular weight is 363 g/mol. The van der Waals surface area contributed by atoms with Gasteiger partial charge in [-0.3, -0.25) is 4.79 Å². The number of urea groups is 1. The molecular weight excluding hydrogens is 347 g/mol. The molecule has 1 heterocycles. The summed E-state index contributed by atoms with van der Waals surface area (Å²) in [5.74, 6) is -0.307. The number of halogens is 2. The minimum Gasteiger partial charge on any atom is -0.306 e. The Labute approximate surface area is 150 Å². The van der Waals surface area contributed by atoms with Gasteiger partial charge in [0.2, 0.25) is 0 Å². The molecule has 6 heteroatoms. The van der Waals surface area contributed by atoms with E-state index in [1.807, 2.05) is 37.3 Å². The van der Waals surface area contributed by atoms with Crippen molar-refractivity contribution in [1.29, 1.82) is 0 Å². The van der Waals surface area contributed by atoms with Crippen LogP contribution in [0.15, 0.2) is 48.5 Å². The lowest BCUT2D eigenvalue weighted by atomic mass is 9.90. The first kappa shape index (κ1) is 16.8. The van der Waals surface area contributed by atoms with Gasteiger partial charge in [-0.15, -0.1) is 0 Å². The summed E-state index contributed by atoms with van der Waals surface area (Å²) in [7, 11) is 0. The fraction of sp³-hybridized carbons (Fsp3) is 0.222. The lowest BCUT2D eigenvalue weighted by molar-refractivity contribution is -0.124. The van der Waals surface area contributed by atoms with Gasteiger partial charge in [0.25, 0.3) is 5.91 Å². The number of hydrogen-bond donors (Lipinski definition) is 0. The number of carbonyl (C=O) groups excluding carboxylic acids is 2. The third kappa shape index (κ3) is 2.38. The molecule has 124 valence electrons. The van der Waals surface area contributed by atoms with E-state index >= 15 is 0 Å². The van der Waals surface area contributed by atoms with E-state index in [-0.39, 0.29) is 11.9 Å². The summed E-state index contributed by atoms with van der Waals surface area (Å²) in [5, 5.41) is 0.670. The van der Waals surface area contributed by atoms with Crippen molar-refractivity contribution in [2.24, 2.45) is 0 Å². The van der Waals surface area contributed by atoms with Crippen LogP contribution in [0.1, 0.15) is 19.4 Å². The lowest BCUT2D eigenvalue weighted by Gasteiger charge is -2.31. The van der Waals surface area contributed by atoms with Crippen LogP contribution in [0.4, 0.5) is 10.5 Å². The van der Waals surface area contributed by atoms with Crippen molar-refractivity contribution in [1.82, 2.24) is 4.90 Å². The highest BCUT2D eigenvalue weighted by molar-refractivity contribution is 6.42. The Morgan fingerprint density at radius 1 is 1.00 bits per heavy atom. The fourth-order valence-electron chi connectivity index (χ4n) is 3.08. The van der Waals surface area contributed by atoms with Crippen LogP contribution < -0.4 is 4.90 Å². The molecule has 0 aliphatic carbocycles. The number of imide groups is 1. The van der Waals surface area contributed by atoms with Gasteiger partial charge in [0.1, 0.15) is 5.54 Å². The number of amides is 3. The van der Waals surface area contributed by atoms with Crippen molar-refractivity contribution in [2.75, 3.05) is 11.4 Å². The standard InChI is InChI=1S/C18H16Cl2N2O2/c1-3-21-17(24)22(13-9-10-14(19)15(20)11-13)16(23)18(21,2)12-7-5-4-6-8-12/h4-11H,3H2,1-2H3. The number of carbonyl (C=O) groups is 2. The molecule has 0 N–H and O–H groups in total. The number of anilines is 1. The molecule has 0 radical (unpaired) electrons. The zero-order chi connectivity index (χ0) is 17.5. The van der Waals surface area contributed by atoms with Gasteiger partial charge in [-0.05, 0) is 37.6 Å². The van der Waals surface area contributed by atoms with E-state index in [2.05, 4.69) is 0 Å². The van der Waals surface area contributed by atoms with Crippen molar-refractivity contribution in [3.05, 3.63) is 64.1 Å². The molecule has 3 amide bonds. The zero-order valence-electron chi connectivity index (χ0n) is 13.3. The van der Waals surface area contributed by atoms with E-state index < -0.39 is 5.54 Å². The maximum Gasteiger partial charge on any atom is 0.332 e. The Morgan fingerprint density at radius 2 is 1.67 bits per heavy atom. The molecule has 0 bridgehead atoms. The summed E-state index contributed by atoms with van der Waals surface area (Å²) >= 11 is 12.0. The summed E-state index contributed by atoms with van der Waals surface area (Å²) in [6.07, 6.45) is 0. The normalized spacial score (nSPS) is 20.8. The highest BCUT2D eigenvalue weighted by atomic mass is 35.5. The van der Waals surface area contributed by atoms with E-state index in [4.69, 9.17) is 23.2 Å². The van der Waals surface area contributed by atoms with E-state index in [1.54, 1.807) is 24.0 Å². The quantitative estimate of drug-likeness (QED) is 0.742. The highest BCUT2D eigenvalue weighted by Gasteiger charge is 2.55. The van der Waals surface area contributed by atoms with Gasteiger partial charge < -0.3 is 4.90 Å². The second kappa shape index (κ2) is 6.11. The summed E-state index contributed by atoms with van der Waals surface area (Å²) in [6, 6.07) is 13.7. The van der Waals surface area contributed by atoms with Crippen LogP contribution in [0.3, 0.4) is 0 Å². The van der Waals surface area contributed by atoms with Crippen LogP contribution in [0.5, 0.6) is 0 Å². The molecule has 1 fully saturated rings. The SMILES string of the molecule is CCN1C(=O)N(c2ccc(Cl)c(Cl)c2)C(=O)C1(C)c1ccccc1. The fourth-order valence-corrected chi connectivity index (χ4v) is 3.37. The van der Waals surface area contributed by atoms with E-state index in [0.717, 1.165) is 5.56 Å². The number of nitrogens with zero attached hydrogens (tertiary/aromatic N) is 2. The monoisotopic (exact) mass is 362 g/mol. The first-order valence-corrected chi connectivity index (χ1v) is 8.33. The molecule has 0 aromatic heterocycles. The van der Waals surface area contributed by atoms with Gasteiger partial charge in [0, 0.05) is 6.54 Å². The molecule has 0 saturated carbocycles. The summed E-state index contributed by atoms with van der Waals surface area (Å²) in [6.45, 7) is 4.03. The molecule has 1 saturated heterocycles. The van der Waals surface area contributed by atoms with Gasteiger partial charge in [-0.2, -0.15) is 0 Å². The van der Waals surface area contributed by atoms with Gasteiger partial charge in [0.15, 0.2) is 0 Å². The molecule has 24 heavy (non-hydrogen) atoms. The minimum atomic E-state index is -1.06. The van der Waals surface area contributed by atoms with Gasteiger partial charge in [0.05, 0.1) is 15.7 Å². The van der Waals surface area contributed by atoms with Crippen LogP contribution >= 0.6 is 23.2 Å². The van der Waals surface area contributed by atoms with Crippen molar-refractivity contribution < 1.29 is 9.59 Å². The van der Waals surface area contributed by atoms with Crippen molar-refractivity contribution in [2.45, 2.75) is 19.4 Å². The number of rotatable bonds is 3. The number of benzene rings is 2. The van der Waals surface area contributed by atoms with Crippen LogP contribution in [-0.4, -0.2) is 23.4 Å².